The number of amides is 1. The Bertz CT molecular complexity index is 1070. The van der Waals surface area contributed by atoms with Crippen LogP contribution in [0.5, 0.6) is 5.75 Å². The van der Waals surface area contributed by atoms with E-state index in [1.54, 1.807) is 0 Å². The van der Waals surface area contributed by atoms with Crippen LogP contribution in [0, 0.1) is 6.92 Å². The van der Waals surface area contributed by atoms with Gasteiger partial charge in [0.25, 0.3) is 5.91 Å². The number of hydrogen-bond acceptors (Lipinski definition) is 5. The highest BCUT2D eigenvalue weighted by Crippen LogP contribution is 2.33. The van der Waals surface area contributed by atoms with E-state index in [0.717, 1.165) is 54.0 Å². The summed E-state index contributed by atoms with van der Waals surface area (Å²) in [7, 11) is 0. The zero-order valence-corrected chi connectivity index (χ0v) is 18.5. The number of nitrogen functional groups attached to an aromatic ring is 1. The Morgan fingerprint density at radius 3 is 2.55 bits per heavy atom. The molecule has 0 atom stereocenters. The molecule has 3 aromatic rings. The molecular formula is C25H27N3O2S. The third-order valence-electron chi connectivity index (χ3n) is 5.45. The zero-order valence-electron chi connectivity index (χ0n) is 17.7. The van der Waals surface area contributed by atoms with Crippen LogP contribution in [0.15, 0.2) is 59.5 Å². The van der Waals surface area contributed by atoms with Crippen molar-refractivity contribution in [3.8, 4) is 5.75 Å². The molecule has 0 spiro atoms. The Morgan fingerprint density at radius 1 is 1.10 bits per heavy atom. The second-order valence-electron chi connectivity index (χ2n) is 7.78. The van der Waals surface area contributed by atoms with Gasteiger partial charge in [0.1, 0.15) is 5.75 Å². The largest absolute Gasteiger partial charge is 0.493 e. The SMILES string of the molecule is Cc1ccc(C2=C(C(=O)Nc3ccc(OCCc4csc(N)n4)cc3)CCCC2)cc1. The van der Waals surface area contributed by atoms with Gasteiger partial charge in [0.05, 0.1) is 12.3 Å². The van der Waals surface area contributed by atoms with Crippen LogP contribution in [-0.4, -0.2) is 17.5 Å². The van der Waals surface area contributed by atoms with E-state index in [4.69, 9.17) is 10.5 Å². The Balaban J connectivity index is 1.38. The lowest BCUT2D eigenvalue weighted by atomic mass is 9.86. The first-order chi connectivity index (χ1) is 15.1. The molecule has 0 unspecified atom stereocenters. The van der Waals surface area contributed by atoms with E-state index in [-0.39, 0.29) is 5.91 Å². The smallest absolute Gasteiger partial charge is 0.251 e. The number of anilines is 2. The van der Waals surface area contributed by atoms with E-state index in [0.29, 0.717) is 18.2 Å². The number of aryl methyl sites for hydroxylation is 1. The number of allylic oxidation sites excluding steroid dienone is 1. The predicted octanol–water partition coefficient (Wildman–Crippen LogP) is 5.62. The maximum absolute atomic E-state index is 13.0. The fraction of sp³-hybridized carbons (Fsp3) is 0.280. The summed E-state index contributed by atoms with van der Waals surface area (Å²) in [6.07, 6.45) is 4.65. The molecule has 31 heavy (non-hydrogen) atoms. The third-order valence-corrected chi connectivity index (χ3v) is 6.17. The second kappa shape index (κ2) is 9.79. The Kier molecular flexibility index (Phi) is 6.67. The number of aromatic nitrogens is 1. The van der Waals surface area contributed by atoms with Crippen molar-refractivity contribution < 1.29 is 9.53 Å². The molecule has 0 bridgehead atoms. The predicted molar refractivity (Wildman–Crippen MR) is 127 cm³/mol. The summed E-state index contributed by atoms with van der Waals surface area (Å²) in [6.45, 7) is 2.61. The highest BCUT2D eigenvalue weighted by Gasteiger charge is 2.20. The summed E-state index contributed by atoms with van der Waals surface area (Å²) in [5.41, 5.74) is 11.8. The van der Waals surface area contributed by atoms with E-state index in [1.165, 1.54) is 22.5 Å². The molecule has 0 aliphatic heterocycles. The number of benzene rings is 2. The number of thiazole rings is 1. The van der Waals surface area contributed by atoms with Gasteiger partial charge in [-0.2, -0.15) is 0 Å². The number of ether oxygens (including phenoxy) is 1. The number of carbonyl (C=O) groups is 1. The lowest BCUT2D eigenvalue weighted by Crippen LogP contribution is -2.18. The van der Waals surface area contributed by atoms with Crippen LogP contribution in [0.2, 0.25) is 0 Å². The van der Waals surface area contributed by atoms with Gasteiger partial charge in [-0.1, -0.05) is 29.8 Å². The molecule has 0 fully saturated rings. The summed E-state index contributed by atoms with van der Waals surface area (Å²) in [6, 6.07) is 16.0. The molecule has 160 valence electrons. The minimum atomic E-state index is -0.00920. The second-order valence-corrected chi connectivity index (χ2v) is 8.67. The number of rotatable bonds is 7. The van der Waals surface area contributed by atoms with E-state index in [2.05, 4.69) is 41.5 Å². The van der Waals surface area contributed by atoms with Crippen LogP contribution in [0.4, 0.5) is 10.8 Å². The minimum absolute atomic E-state index is 0.00920. The van der Waals surface area contributed by atoms with Crippen molar-refractivity contribution in [3.63, 3.8) is 0 Å². The lowest BCUT2D eigenvalue weighted by Gasteiger charge is -2.20. The number of hydrogen-bond donors (Lipinski definition) is 2. The van der Waals surface area contributed by atoms with Gasteiger partial charge in [0.15, 0.2) is 5.13 Å². The standard InChI is InChI=1S/C25H27N3O2S/c1-17-6-8-18(9-7-17)22-4-2-3-5-23(22)24(29)27-19-10-12-21(13-11-19)30-15-14-20-16-31-25(26)28-20/h6-13,16H,2-5,14-15H2,1H3,(H2,26,28)(H,27,29). The molecule has 6 heteroatoms. The molecule has 1 aliphatic carbocycles. The van der Waals surface area contributed by atoms with Gasteiger partial charge in [0.2, 0.25) is 0 Å². The van der Waals surface area contributed by atoms with Crippen LogP contribution >= 0.6 is 11.3 Å². The zero-order chi connectivity index (χ0) is 21.6. The van der Waals surface area contributed by atoms with Crippen molar-refractivity contribution in [1.82, 2.24) is 4.98 Å². The van der Waals surface area contributed by atoms with Crippen molar-refractivity contribution in [2.75, 3.05) is 17.7 Å². The van der Waals surface area contributed by atoms with Gasteiger partial charge in [-0.3, -0.25) is 4.79 Å². The van der Waals surface area contributed by atoms with Crippen molar-refractivity contribution in [3.05, 3.63) is 76.3 Å². The molecule has 2 aromatic carbocycles. The van der Waals surface area contributed by atoms with Gasteiger partial charge >= 0.3 is 0 Å². The van der Waals surface area contributed by atoms with Gasteiger partial charge in [-0.15, -0.1) is 11.3 Å². The summed E-state index contributed by atoms with van der Waals surface area (Å²) in [5.74, 6) is 0.753. The monoisotopic (exact) mass is 433 g/mol. The van der Waals surface area contributed by atoms with Crippen molar-refractivity contribution in [1.29, 1.82) is 0 Å². The van der Waals surface area contributed by atoms with Crippen LogP contribution < -0.4 is 15.8 Å². The Labute approximate surface area is 187 Å². The maximum Gasteiger partial charge on any atom is 0.251 e. The molecule has 0 saturated heterocycles. The Morgan fingerprint density at radius 2 is 1.84 bits per heavy atom. The fourth-order valence-electron chi connectivity index (χ4n) is 3.78. The Hall–Kier alpha value is -3.12. The van der Waals surface area contributed by atoms with Gasteiger partial charge in [0, 0.05) is 23.1 Å². The molecule has 1 amide bonds. The van der Waals surface area contributed by atoms with Crippen LogP contribution in [0.1, 0.15) is 42.5 Å². The average Bonchev–Trinajstić information content (AvgIpc) is 3.20. The molecule has 4 rings (SSSR count). The molecule has 0 radical (unpaired) electrons. The van der Waals surface area contributed by atoms with Crippen LogP contribution in [0.3, 0.4) is 0 Å². The van der Waals surface area contributed by atoms with Crippen molar-refractivity contribution >= 4 is 33.6 Å². The molecular weight excluding hydrogens is 406 g/mol. The summed E-state index contributed by atoms with van der Waals surface area (Å²) >= 11 is 1.44. The van der Waals surface area contributed by atoms with E-state index in [1.807, 2.05) is 29.6 Å². The van der Waals surface area contributed by atoms with E-state index < -0.39 is 0 Å². The third kappa shape index (κ3) is 5.52. The molecule has 1 heterocycles. The van der Waals surface area contributed by atoms with Crippen LogP contribution in [-0.2, 0) is 11.2 Å². The van der Waals surface area contributed by atoms with E-state index >= 15 is 0 Å². The first-order valence-electron chi connectivity index (χ1n) is 10.6. The van der Waals surface area contributed by atoms with Gasteiger partial charge < -0.3 is 15.8 Å². The summed E-state index contributed by atoms with van der Waals surface area (Å²) < 4.78 is 5.78. The van der Waals surface area contributed by atoms with E-state index in [9.17, 15) is 4.79 Å². The average molecular weight is 434 g/mol. The topological polar surface area (TPSA) is 77.2 Å². The number of carbonyl (C=O) groups excluding carboxylic acids is 1. The maximum atomic E-state index is 13.0. The first kappa shape index (κ1) is 21.1. The number of nitrogens with zero attached hydrogens (tertiary/aromatic N) is 1. The van der Waals surface area contributed by atoms with Crippen molar-refractivity contribution in [2.45, 2.75) is 39.0 Å². The number of nitrogens with two attached hydrogens (primary N) is 1. The van der Waals surface area contributed by atoms with Gasteiger partial charge in [-0.05, 0) is 68.0 Å². The number of nitrogens with one attached hydrogen (secondary N) is 1. The minimum Gasteiger partial charge on any atom is -0.493 e. The highest BCUT2D eigenvalue weighted by atomic mass is 32.1. The molecule has 0 saturated carbocycles. The van der Waals surface area contributed by atoms with Crippen molar-refractivity contribution in [2.24, 2.45) is 0 Å². The normalized spacial score (nSPS) is 13.8. The molecule has 3 N–H and O–H groups in total. The molecule has 5 nitrogen and oxygen atoms in total. The molecule has 1 aromatic heterocycles. The summed E-state index contributed by atoms with van der Waals surface area (Å²) in [4.78, 5) is 17.2. The van der Waals surface area contributed by atoms with Crippen LogP contribution in [0.25, 0.3) is 5.57 Å². The molecule has 1 aliphatic rings. The summed E-state index contributed by atoms with van der Waals surface area (Å²) in [5, 5.41) is 5.58. The quantitative estimate of drug-likeness (QED) is 0.507. The highest BCUT2D eigenvalue weighted by molar-refractivity contribution is 7.13. The lowest BCUT2D eigenvalue weighted by molar-refractivity contribution is -0.113. The van der Waals surface area contributed by atoms with Gasteiger partial charge in [-0.25, -0.2) is 4.98 Å². The fourth-order valence-corrected chi connectivity index (χ4v) is 4.38. The first-order valence-corrected chi connectivity index (χ1v) is 11.5.